The number of hydrogen-bond acceptors (Lipinski definition) is 4. The summed E-state index contributed by atoms with van der Waals surface area (Å²) < 4.78 is 5.50. The van der Waals surface area contributed by atoms with E-state index in [1.54, 1.807) is 0 Å². The normalized spacial score (nSPS) is 13.5. The zero-order valence-electron chi connectivity index (χ0n) is 9.37. The first-order valence-corrected chi connectivity index (χ1v) is 5.19. The van der Waals surface area contributed by atoms with Gasteiger partial charge in [-0.1, -0.05) is 27.7 Å². The Morgan fingerprint density at radius 1 is 1.29 bits per heavy atom. The second-order valence-corrected chi connectivity index (χ2v) is 3.88. The Morgan fingerprint density at radius 3 is 2.57 bits per heavy atom. The molecule has 0 saturated carbocycles. The van der Waals surface area contributed by atoms with Gasteiger partial charge in [-0.15, -0.1) is 10.2 Å². The van der Waals surface area contributed by atoms with Gasteiger partial charge in [-0.2, -0.15) is 0 Å². The summed E-state index contributed by atoms with van der Waals surface area (Å²) in [5.41, 5.74) is 0. The Kier molecular flexibility index (Phi) is 4.07. The van der Waals surface area contributed by atoms with Crippen molar-refractivity contribution >= 4 is 0 Å². The number of hydrogen-bond donors (Lipinski definition) is 1. The van der Waals surface area contributed by atoms with E-state index in [0.717, 1.165) is 12.3 Å². The molecule has 1 N–H and O–H groups in total. The average Bonchev–Trinajstić information content (AvgIpc) is 2.62. The Labute approximate surface area is 85.1 Å². The average molecular weight is 197 g/mol. The van der Waals surface area contributed by atoms with Gasteiger partial charge in [0.2, 0.25) is 11.8 Å². The summed E-state index contributed by atoms with van der Waals surface area (Å²) in [7, 11) is 0. The van der Waals surface area contributed by atoms with Crippen LogP contribution in [0.3, 0.4) is 0 Å². The summed E-state index contributed by atoms with van der Waals surface area (Å²) >= 11 is 0. The molecule has 1 atom stereocenters. The second-order valence-electron chi connectivity index (χ2n) is 3.88. The minimum atomic E-state index is 0.357. The van der Waals surface area contributed by atoms with E-state index in [0.29, 0.717) is 24.4 Å². The number of rotatable bonds is 5. The van der Waals surface area contributed by atoms with Crippen molar-refractivity contribution in [3.8, 4) is 0 Å². The van der Waals surface area contributed by atoms with Gasteiger partial charge in [-0.3, -0.25) is 0 Å². The van der Waals surface area contributed by atoms with Crippen LogP contribution in [-0.2, 0) is 6.54 Å². The van der Waals surface area contributed by atoms with Crippen molar-refractivity contribution in [2.75, 3.05) is 0 Å². The number of nitrogens with one attached hydrogen (secondary N) is 1. The minimum Gasteiger partial charge on any atom is -0.424 e. The standard InChI is InChI=1S/C10H19N3O/c1-5-8(4)10-13-12-9(14-10)6-11-7(2)3/h7-8,11H,5-6H2,1-4H3. The van der Waals surface area contributed by atoms with Gasteiger partial charge in [-0.25, -0.2) is 0 Å². The second kappa shape index (κ2) is 5.10. The fourth-order valence-electron chi connectivity index (χ4n) is 1.00. The van der Waals surface area contributed by atoms with Crippen molar-refractivity contribution in [3.63, 3.8) is 0 Å². The summed E-state index contributed by atoms with van der Waals surface area (Å²) in [6.45, 7) is 9.03. The van der Waals surface area contributed by atoms with Crippen LogP contribution in [0.15, 0.2) is 4.42 Å². The largest absolute Gasteiger partial charge is 0.424 e. The van der Waals surface area contributed by atoms with Crippen LogP contribution in [0.5, 0.6) is 0 Å². The fourth-order valence-corrected chi connectivity index (χ4v) is 1.00. The summed E-state index contributed by atoms with van der Waals surface area (Å²) in [5, 5.41) is 11.2. The summed E-state index contributed by atoms with van der Waals surface area (Å²) in [4.78, 5) is 0. The van der Waals surface area contributed by atoms with Gasteiger partial charge in [0.15, 0.2) is 0 Å². The molecule has 1 rings (SSSR count). The van der Waals surface area contributed by atoms with E-state index in [2.05, 4.69) is 43.2 Å². The molecule has 0 aliphatic heterocycles. The van der Waals surface area contributed by atoms with Crippen molar-refractivity contribution in [2.45, 2.75) is 52.6 Å². The zero-order valence-corrected chi connectivity index (χ0v) is 9.37. The molecule has 0 bridgehead atoms. The third-order valence-corrected chi connectivity index (χ3v) is 2.18. The molecular formula is C10H19N3O. The van der Waals surface area contributed by atoms with E-state index >= 15 is 0 Å². The quantitative estimate of drug-likeness (QED) is 0.785. The van der Waals surface area contributed by atoms with Crippen LogP contribution in [0.4, 0.5) is 0 Å². The Bertz CT molecular complexity index is 270. The molecule has 80 valence electrons. The molecule has 0 aliphatic carbocycles. The van der Waals surface area contributed by atoms with Gasteiger partial charge in [0, 0.05) is 12.0 Å². The van der Waals surface area contributed by atoms with Crippen LogP contribution < -0.4 is 5.32 Å². The van der Waals surface area contributed by atoms with Gasteiger partial charge < -0.3 is 9.73 Å². The molecule has 0 radical (unpaired) electrons. The number of aromatic nitrogens is 2. The highest BCUT2D eigenvalue weighted by atomic mass is 16.4. The van der Waals surface area contributed by atoms with E-state index in [1.807, 2.05) is 0 Å². The van der Waals surface area contributed by atoms with Crippen LogP contribution >= 0.6 is 0 Å². The predicted molar refractivity (Wildman–Crippen MR) is 55.0 cm³/mol. The molecule has 0 spiro atoms. The maximum Gasteiger partial charge on any atom is 0.230 e. The molecule has 0 aliphatic rings. The van der Waals surface area contributed by atoms with Crippen LogP contribution in [0.1, 0.15) is 51.8 Å². The summed E-state index contributed by atoms with van der Waals surface area (Å²) in [5.74, 6) is 1.78. The van der Waals surface area contributed by atoms with Crippen LogP contribution in [0.2, 0.25) is 0 Å². The van der Waals surface area contributed by atoms with Crippen LogP contribution in [-0.4, -0.2) is 16.2 Å². The summed E-state index contributed by atoms with van der Waals surface area (Å²) in [6, 6.07) is 0.439. The Balaban J connectivity index is 2.50. The fraction of sp³-hybridized carbons (Fsp3) is 0.800. The third-order valence-electron chi connectivity index (χ3n) is 2.18. The van der Waals surface area contributed by atoms with Gasteiger partial charge in [0.25, 0.3) is 0 Å². The topological polar surface area (TPSA) is 51.0 Å². The van der Waals surface area contributed by atoms with E-state index in [9.17, 15) is 0 Å². The van der Waals surface area contributed by atoms with Gasteiger partial charge in [-0.05, 0) is 6.42 Å². The molecule has 0 saturated heterocycles. The molecule has 0 amide bonds. The third kappa shape index (κ3) is 3.10. The summed E-state index contributed by atoms with van der Waals surface area (Å²) in [6.07, 6.45) is 1.03. The lowest BCUT2D eigenvalue weighted by atomic mass is 10.1. The van der Waals surface area contributed by atoms with E-state index < -0.39 is 0 Å². The smallest absolute Gasteiger partial charge is 0.230 e. The molecule has 4 heteroatoms. The monoisotopic (exact) mass is 197 g/mol. The van der Waals surface area contributed by atoms with Crippen LogP contribution in [0, 0.1) is 0 Å². The molecule has 1 unspecified atom stereocenters. The highest BCUT2D eigenvalue weighted by molar-refractivity contribution is 4.88. The molecule has 0 fully saturated rings. The van der Waals surface area contributed by atoms with Crippen molar-refractivity contribution < 1.29 is 4.42 Å². The van der Waals surface area contributed by atoms with E-state index in [1.165, 1.54) is 0 Å². The highest BCUT2D eigenvalue weighted by Gasteiger charge is 2.11. The molecule has 1 aromatic heterocycles. The maximum absolute atomic E-state index is 5.50. The van der Waals surface area contributed by atoms with Crippen molar-refractivity contribution in [2.24, 2.45) is 0 Å². The maximum atomic E-state index is 5.50. The SMILES string of the molecule is CCC(C)c1nnc(CNC(C)C)o1. The zero-order chi connectivity index (χ0) is 10.6. The molecule has 4 nitrogen and oxygen atoms in total. The molecule has 1 heterocycles. The lowest BCUT2D eigenvalue weighted by molar-refractivity contribution is 0.400. The highest BCUT2D eigenvalue weighted by Crippen LogP contribution is 2.16. The lowest BCUT2D eigenvalue weighted by Gasteiger charge is -2.04. The predicted octanol–water partition coefficient (Wildman–Crippen LogP) is 2.08. The van der Waals surface area contributed by atoms with Gasteiger partial charge in [0.1, 0.15) is 0 Å². The van der Waals surface area contributed by atoms with Crippen LogP contribution in [0.25, 0.3) is 0 Å². The van der Waals surface area contributed by atoms with E-state index in [-0.39, 0.29) is 0 Å². The lowest BCUT2D eigenvalue weighted by Crippen LogP contribution is -2.21. The molecule has 14 heavy (non-hydrogen) atoms. The van der Waals surface area contributed by atoms with Gasteiger partial charge in [0.05, 0.1) is 6.54 Å². The first-order valence-electron chi connectivity index (χ1n) is 5.19. The van der Waals surface area contributed by atoms with E-state index in [4.69, 9.17) is 4.42 Å². The first kappa shape index (κ1) is 11.2. The van der Waals surface area contributed by atoms with Crippen molar-refractivity contribution in [1.29, 1.82) is 0 Å². The Hall–Kier alpha value is -0.900. The first-order chi connectivity index (χ1) is 6.63. The minimum absolute atomic E-state index is 0.357. The molecule has 1 aromatic rings. The number of nitrogens with zero attached hydrogens (tertiary/aromatic N) is 2. The van der Waals surface area contributed by atoms with Crippen molar-refractivity contribution in [3.05, 3.63) is 11.8 Å². The Morgan fingerprint density at radius 2 is 2.00 bits per heavy atom. The van der Waals surface area contributed by atoms with Crippen molar-refractivity contribution in [1.82, 2.24) is 15.5 Å². The molecule has 0 aromatic carbocycles. The molecular weight excluding hydrogens is 178 g/mol. The van der Waals surface area contributed by atoms with Gasteiger partial charge >= 0.3 is 0 Å².